The van der Waals surface area contributed by atoms with Gasteiger partial charge in [-0.25, -0.2) is 0 Å². The lowest BCUT2D eigenvalue weighted by molar-refractivity contribution is 0.277. The molecule has 128 valence electrons. The van der Waals surface area contributed by atoms with Gasteiger partial charge in [0.15, 0.2) is 0 Å². The fourth-order valence-corrected chi connectivity index (χ4v) is 3.96. The number of unbranched alkanes of at least 4 members (excludes halogenated alkanes) is 1. The first-order valence-electron chi connectivity index (χ1n) is 9.29. The topological polar surface area (TPSA) is 22.1 Å². The first-order chi connectivity index (χ1) is 12.2. The minimum absolute atomic E-state index is 0.00334. The molecule has 0 spiro atoms. The molecule has 0 radical (unpaired) electrons. The Hall–Kier alpha value is -2.35. The van der Waals surface area contributed by atoms with E-state index in [1.807, 2.05) is 6.20 Å². The number of rotatable bonds is 5. The molecular formula is C23H25NO. The number of pyridine rings is 1. The molecule has 2 heteroatoms. The van der Waals surface area contributed by atoms with Crippen molar-refractivity contribution in [1.82, 2.24) is 4.98 Å². The number of aryl methyl sites for hydroxylation is 1. The Morgan fingerprint density at radius 2 is 1.88 bits per heavy atom. The fourth-order valence-electron chi connectivity index (χ4n) is 3.96. The molecule has 0 bridgehead atoms. The molecule has 0 amide bonds. The molecule has 1 aliphatic rings. The van der Waals surface area contributed by atoms with Crippen LogP contribution in [0, 0.1) is 0 Å². The molecule has 0 aliphatic carbocycles. The van der Waals surface area contributed by atoms with E-state index >= 15 is 0 Å². The van der Waals surface area contributed by atoms with Crippen LogP contribution in [0.5, 0.6) is 5.75 Å². The number of hydrogen-bond acceptors (Lipinski definition) is 2. The van der Waals surface area contributed by atoms with Crippen molar-refractivity contribution in [3.05, 3.63) is 71.5 Å². The highest BCUT2D eigenvalue weighted by molar-refractivity contribution is 5.85. The predicted molar refractivity (Wildman–Crippen MR) is 103 cm³/mol. The van der Waals surface area contributed by atoms with Crippen LogP contribution in [0.1, 0.15) is 43.5 Å². The number of nitrogens with zero attached hydrogens (tertiary/aromatic N) is 1. The molecule has 4 rings (SSSR count). The maximum atomic E-state index is 6.00. The fraction of sp³-hybridized carbons (Fsp3) is 0.348. The van der Waals surface area contributed by atoms with Gasteiger partial charge in [-0.2, -0.15) is 0 Å². The summed E-state index contributed by atoms with van der Waals surface area (Å²) in [6, 6.07) is 17.1. The summed E-state index contributed by atoms with van der Waals surface area (Å²) in [5.41, 5.74) is 3.98. The molecule has 2 aromatic carbocycles. The van der Waals surface area contributed by atoms with E-state index < -0.39 is 0 Å². The minimum Gasteiger partial charge on any atom is -0.492 e. The zero-order chi connectivity index (χ0) is 17.3. The van der Waals surface area contributed by atoms with Crippen LogP contribution in [-0.4, -0.2) is 11.6 Å². The largest absolute Gasteiger partial charge is 0.492 e. The smallest absolute Gasteiger partial charge is 0.123 e. The minimum atomic E-state index is 0.00334. The molecular weight excluding hydrogens is 306 g/mol. The second-order valence-electron chi connectivity index (χ2n) is 7.40. The lowest BCUT2D eigenvalue weighted by Gasteiger charge is -2.25. The average molecular weight is 331 g/mol. The highest BCUT2D eigenvalue weighted by Gasteiger charge is 2.37. The summed E-state index contributed by atoms with van der Waals surface area (Å²) in [4.78, 5) is 4.83. The van der Waals surface area contributed by atoms with Gasteiger partial charge in [-0.3, -0.25) is 4.98 Å². The van der Waals surface area contributed by atoms with Crippen molar-refractivity contribution in [2.75, 3.05) is 6.61 Å². The summed E-state index contributed by atoms with van der Waals surface area (Å²) in [6.45, 7) is 5.30. The molecule has 2 nitrogen and oxygen atoms in total. The molecule has 0 saturated carbocycles. The number of fused-ring (bicyclic) bond motifs is 2. The Balaban J connectivity index is 1.80. The quantitative estimate of drug-likeness (QED) is 0.618. The number of para-hydroxylation sites is 1. The van der Waals surface area contributed by atoms with E-state index in [4.69, 9.17) is 9.72 Å². The highest BCUT2D eigenvalue weighted by Crippen LogP contribution is 2.42. The van der Waals surface area contributed by atoms with Gasteiger partial charge >= 0.3 is 0 Å². The molecule has 0 saturated heterocycles. The third-order valence-corrected chi connectivity index (χ3v) is 5.41. The molecule has 0 N–H and O–H groups in total. The van der Waals surface area contributed by atoms with E-state index in [-0.39, 0.29) is 5.41 Å². The Bertz CT molecular complexity index is 901. The SMILES string of the molecule is CCCCc1ncc2ccccc2c1CC1(C)COc2ccccc21. The second-order valence-corrected chi connectivity index (χ2v) is 7.40. The lowest BCUT2D eigenvalue weighted by Crippen LogP contribution is -2.27. The van der Waals surface area contributed by atoms with Gasteiger partial charge in [0.2, 0.25) is 0 Å². The van der Waals surface area contributed by atoms with Crippen molar-refractivity contribution in [2.45, 2.75) is 44.9 Å². The average Bonchev–Trinajstić information content (AvgIpc) is 2.98. The van der Waals surface area contributed by atoms with Crippen LogP contribution in [0.15, 0.2) is 54.7 Å². The van der Waals surface area contributed by atoms with Crippen LogP contribution >= 0.6 is 0 Å². The van der Waals surface area contributed by atoms with Crippen LogP contribution in [-0.2, 0) is 18.3 Å². The van der Waals surface area contributed by atoms with E-state index in [0.717, 1.165) is 25.2 Å². The molecule has 2 heterocycles. The van der Waals surface area contributed by atoms with Gasteiger partial charge in [-0.15, -0.1) is 0 Å². The van der Waals surface area contributed by atoms with Gasteiger partial charge in [0.1, 0.15) is 5.75 Å². The van der Waals surface area contributed by atoms with Crippen LogP contribution in [0.2, 0.25) is 0 Å². The van der Waals surface area contributed by atoms with E-state index in [9.17, 15) is 0 Å². The summed E-state index contributed by atoms with van der Waals surface area (Å²) in [7, 11) is 0. The van der Waals surface area contributed by atoms with Crippen molar-refractivity contribution in [3.63, 3.8) is 0 Å². The van der Waals surface area contributed by atoms with Crippen LogP contribution < -0.4 is 4.74 Å². The molecule has 1 aromatic heterocycles. The number of aromatic nitrogens is 1. The van der Waals surface area contributed by atoms with Crippen molar-refractivity contribution in [3.8, 4) is 5.75 Å². The number of benzene rings is 2. The normalized spacial score (nSPS) is 19.0. The standard InChI is InChI=1S/C23H25NO/c1-3-4-12-21-19(18-10-6-5-9-17(18)15-24-21)14-23(2)16-25-22-13-8-7-11-20(22)23/h5-11,13,15H,3-4,12,14,16H2,1-2H3. The summed E-state index contributed by atoms with van der Waals surface area (Å²) in [6.07, 6.45) is 6.43. The van der Waals surface area contributed by atoms with Gasteiger partial charge in [0.25, 0.3) is 0 Å². The molecule has 0 fully saturated rings. The monoisotopic (exact) mass is 331 g/mol. The van der Waals surface area contributed by atoms with Gasteiger partial charge in [0, 0.05) is 28.3 Å². The summed E-state index contributed by atoms with van der Waals surface area (Å²) in [5, 5.41) is 2.57. The zero-order valence-electron chi connectivity index (χ0n) is 15.1. The van der Waals surface area contributed by atoms with Gasteiger partial charge in [0.05, 0.1) is 6.61 Å². The number of ether oxygens (including phenoxy) is 1. The van der Waals surface area contributed by atoms with Gasteiger partial charge in [-0.1, -0.05) is 62.7 Å². The van der Waals surface area contributed by atoms with E-state index in [0.29, 0.717) is 0 Å². The molecule has 1 unspecified atom stereocenters. The Morgan fingerprint density at radius 1 is 1.08 bits per heavy atom. The molecule has 3 aromatic rings. The van der Waals surface area contributed by atoms with Gasteiger partial charge < -0.3 is 4.74 Å². The third-order valence-electron chi connectivity index (χ3n) is 5.41. The maximum Gasteiger partial charge on any atom is 0.123 e. The lowest BCUT2D eigenvalue weighted by atomic mass is 9.77. The van der Waals surface area contributed by atoms with Crippen LogP contribution in [0.25, 0.3) is 10.8 Å². The Morgan fingerprint density at radius 3 is 2.76 bits per heavy atom. The van der Waals surface area contributed by atoms with E-state index in [1.54, 1.807) is 0 Å². The van der Waals surface area contributed by atoms with Crippen LogP contribution in [0.3, 0.4) is 0 Å². The summed E-state index contributed by atoms with van der Waals surface area (Å²) in [5.74, 6) is 1.04. The first kappa shape index (κ1) is 16.1. The van der Waals surface area contributed by atoms with Crippen molar-refractivity contribution >= 4 is 10.8 Å². The number of hydrogen-bond donors (Lipinski definition) is 0. The van der Waals surface area contributed by atoms with Crippen LogP contribution in [0.4, 0.5) is 0 Å². The van der Waals surface area contributed by atoms with E-state index in [1.165, 1.54) is 40.4 Å². The molecule has 1 atom stereocenters. The Labute approximate surface area is 149 Å². The zero-order valence-corrected chi connectivity index (χ0v) is 15.1. The predicted octanol–water partition coefficient (Wildman–Crippen LogP) is 5.47. The molecule has 1 aliphatic heterocycles. The molecule has 25 heavy (non-hydrogen) atoms. The summed E-state index contributed by atoms with van der Waals surface area (Å²) < 4.78 is 6.00. The highest BCUT2D eigenvalue weighted by atomic mass is 16.5. The maximum absolute atomic E-state index is 6.00. The van der Waals surface area contributed by atoms with Crippen molar-refractivity contribution in [2.24, 2.45) is 0 Å². The Kier molecular flexibility index (Phi) is 4.20. The van der Waals surface area contributed by atoms with E-state index in [2.05, 4.69) is 62.4 Å². The summed E-state index contributed by atoms with van der Waals surface area (Å²) >= 11 is 0. The third kappa shape index (κ3) is 2.90. The van der Waals surface area contributed by atoms with Gasteiger partial charge in [-0.05, 0) is 36.3 Å². The first-order valence-corrected chi connectivity index (χ1v) is 9.29. The van der Waals surface area contributed by atoms with Crippen molar-refractivity contribution in [1.29, 1.82) is 0 Å². The second kappa shape index (κ2) is 6.51. The van der Waals surface area contributed by atoms with Crippen molar-refractivity contribution < 1.29 is 4.74 Å².